The van der Waals surface area contributed by atoms with Crippen molar-refractivity contribution in [2.24, 2.45) is 5.73 Å². The molecule has 0 aliphatic carbocycles. The molecule has 1 saturated heterocycles. The highest BCUT2D eigenvalue weighted by atomic mass is 19.2. The molecule has 104 valence electrons. The zero-order valence-corrected chi connectivity index (χ0v) is 10.4. The van der Waals surface area contributed by atoms with Crippen LogP contribution in [0.15, 0.2) is 18.2 Å². The summed E-state index contributed by atoms with van der Waals surface area (Å²) in [5, 5.41) is 0. The Kier molecular flexibility index (Phi) is 4.44. The van der Waals surface area contributed by atoms with Crippen molar-refractivity contribution >= 4 is 5.91 Å². The van der Waals surface area contributed by atoms with Gasteiger partial charge < -0.3 is 15.4 Å². The van der Waals surface area contributed by atoms with Crippen molar-refractivity contribution in [1.29, 1.82) is 0 Å². The number of nitrogens with zero attached hydrogens (tertiary/aromatic N) is 1. The molecule has 1 atom stereocenters. The SMILES string of the molecule is NCC1COCCN1C(=O)Cc1cccc(F)c1F. The Hall–Kier alpha value is -1.53. The van der Waals surface area contributed by atoms with Gasteiger partial charge in [-0.15, -0.1) is 0 Å². The number of rotatable bonds is 3. The first-order valence-electron chi connectivity index (χ1n) is 6.13. The monoisotopic (exact) mass is 270 g/mol. The fourth-order valence-electron chi connectivity index (χ4n) is 2.13. The minimum absolute atomic E-state index is 0.0623. The summed E-state index contributed by atoms with van der Waals surface area (Å²) in [6.45, 7) is 1.54. The van der Waals surface area contributed by atoms with Gasteiger partial charge in [-0.05, 0) is 6.07 Å². The van der Waals surface area contributed by atoms with Crippen LogP contribution in [0.2, 0.25) is 0 Å². The zero-order valence-electron chi connectivity index (χ0n) is 10.4. The van der Waals surface area contributed by atoms with Crippen LogP contribution >= 0.6 is 0 Å². The predicted octanol–water partition coefficient (Wildman–Crippen LogP) is 0.693. The van der Waals surface area contributed by atoms with E-state index >= 15 is 0 Å². The normalized spacial score (nSPS) is 19.5. The van der Waals surface area contributed by atoms with Crippen molar-refractivity contribution in [1.82, 2.24) is 4.90 Å². The van der Waals surface area contributed by atoms with Gasteiger partial charge in [-0.2, -0.15) is 0 Å². The van der Waals surface area contributed by atoms with Crippen molar-refractivity contribution in [3.63, 3.8) is 0 Å². The average molecular weight is 270 g/mol. The van der Waals surface area contributed by atoms with Gasteiger partial charge in [0, 0.05) is 18.7 Å². The Morgan fingerprint density at radius 2 is 2.26 bits per heavy atom. The Balaban J connectivity index is 2.09. The van der Waals surface area contributed by atoms with Gasteiger partial charge in [-0.1, -0.05) is 12.1 Å². The van der Waals surface area contributed by atoms with E-state index in [4.69, 9.17) is 10.5 Å². The lowest BCUT2D eigenvalue weighted by atomic mass is 10.1. The molecule has 19 heavy (non-hydrogen) atoms. The lowest BCUT2D eigenvalue weighted by Crippen LogP contribution is -2.52. The van der Waals surface area contributed by atoms with E-state index in [-0.39, 0.29) is 30.5 Å². The molecule has 1 amide bonds. The standard InChI is InChI=1S/C13H16F2N2O2/c14-11-3-1-2-9(13(11)15)6-12(18)17-4-5-19-8-10(17)7-16/h1-3,10H,4-8,16H2. The molecule has 1 heterocycles. The summed E-state index contributed by atoms with van der Waals surface area (Å²) >= 11 is 0. The number of amides is 1. The molecule has 1 aliphatic heterocycles. The van der Waals surface area contributed by atoms with Crippen molar-refractivity contribution < 1.29 is 18.3 Å². The van der Waals surface area contributed by atoms with Crippen molar-refractivity contribution in [3.05, 3.63) is 35.4 Å². The molecule has 6 heteroatoms. The maximum Gasteiger partial charge on any atom is 0.227 e. The fraction of sp³-hybridized carbons (Fsp3) is 0.462. The third-order valence-electron chi connectivity index (χ3n) is 3.19. The van der Waals surface area contributed by atoms with Gasteiger partial charge in [0.2, 0.25) is 5.91 Å². The van der Waals surface area contributed by atoms with E-state index in [0.717, 1.165) is 6.07 Å². The van der Waals surface area contributed by atoms with E-state index < -0.39 is 11.6 Å². The molecule has 1 aromatic carbocycles. The highest BCUT2D eigenvalue weighted by Crippen LogP contribution is 2.15. The molecule has 1 fully saturated rings. The quantitative estimate of drug-likeness (QED) is 0.879. The lowest BCUT2D eigenvalue weighted by molar-refractivity contribution is -0.138. The first kappa shape index (κ1) is 13.9. The molecule has 2 N–H and O–H groups in total. The summed E-state index contributed by atoms with van der Waals surface area (Å²) in [5.41, 5.74) is 5.63. The first-order valence-corrected chi connectivity index (χ1v) is 6.13. The van der Waals surface area contributed by atoms with Crippen LogP contribution in [0.1, 0.15) is 5.56 Å². The summed E-state index contributed by atoms with van der Waals surface area (Å²) < 4.78 is 31.8. The summed E-state index contributed by atoms with van der Waals surface area (Å²) in [7, 11) is 0. The largest absolute Gasteiger partial charge is 0.377 e. The number of halogens is 2. The van der Waals surface area contributed by atoms with E-state index in [0.29, 0.717) is 19.8 Å². The molecule has 0 saturated carbocycles. The van der Waals surface area contributed by atoms with Crippen LogP contribution in [-0.4, -0.2) is 43.2 Å². The highest BCUT2D eigenvalue weighted by molar-refractivity contribution is 5.79. The smallest absolute Gasteiger partial charge is 0.227 e. The number of benzene rings is 1. The minimum Gasteiger partial charge on any atom is -0.377 e. The van der Waals surface area contributed by atoms with Crippen molar-refractivity contribution in [3.8, 4) is 0 Å². The van der Waals surface area contributed by atoms with E-state index in [1.807, 2.05) is 0 Å². The molecule has 1 aromatic rings. The Labute approximate surface area is 110 Å². The topological polar surface area (TPSA) is 55.6 Å². The molecule has 4 nitrogen and oxygen atoms in total. The second-order valence-corrected chi connectivity index (χ2v) is 4.44. The molecule has 1 unspecified atom stereocenters. The van der Waals surface area contributed by atoms with Crippen LogP contribution in [0.5, 0.6) is 0 Å². The average Bonchev–Trinajstić information content (AvgIpc) is 2.43. The van der Waals surface area contributed by atoms with Gasteiger partial charge in [0.15, 0.2) is 11.6 Å². The van der Waals surface area contributed by atoms with Gasteiger partial charge >= 0.3 is 0 Å². The molecule has 1 aliphatic rings. The van der Waals surface area contributed by atoms with Crippen LogP contribution in [-0.2, 0) is 16.0 Å². The second kappa shape index (κ2) is 6.08. The Morgan fingerprint density at radius 1 is 1.47 bits per heavy atom. The molecule has 2 rings (SSSR count). The first-order chi connectivity index (χ1) is 9.13. The third-order valence-corrected chi connectivity index (χ3v) is 3.19. The molecule has 0 spiro atoms. The number of nitrogens with two attached hydrogens (primary N) is 1. The van der Waals surface area contributed by atoms with E-state index in [1.165, 1.54) is 12.1 Å². The highest BCUT2D eigenvalue weighted by Gasteiger charge is 2.26. The van der Waals surface area contributed by atoms with Crippen LogP contribution in [0.25, 0.3) is 0 Å². The number of carbonyl (C=O) groups excluding carboxylic acids is 1. The molecular formula is C13H16F2N2O2. The third kappa shape index (κ3) is 3.08. The van der Waals surface area contributed by atoms with Gasteiger partial charge in [0.05, 0.1) is 25.7 Å². The van der Waals surface area contributed by atoms with Gasteiger partial charge in [0.1, 0.15) is 0 Å². The summed E-state index contributed by atoms with van der Waals surface area (Å²) in [5.74, 6) is -2.17. The van der Waals surface area contributed by atoms with Gasteiger partial charge in [0.25, 0.3) is 0 Å². The number of hydrogen-bond acceptors (Lipinski definition) is 3. The molecule has 0 bridgehead atoms. The van der Waals surface area contributed by atoms with Gasteiger partial charge in [-0.3, -0.25) is 4.79 Å². The van der Waals surface area contributed by atoms with Gasteiger partial charge in [-0.25, -0.2) is 8.78 Å². The number of hydrogen-bond donors (Lipinski definition) is 1. The summed E-state index contributed by atoms with van der Waals surface area (Å²) in [4.78, 5) is 13.7. The summed E-state index contributed by atoms with van der Waals surface area (Å²) in [6, 6.07) is 3.63. The van der Waals surface area contributed by atoms with Crippen LogP contribution < -0.4 is 5.73 Å². The lowest BCUT2D eigenvalue weighted by Gasteiger charge is -2.35. The second-order valence-electron chi connectivity index (χ2n) is 4.44. The predicted molar refractivity (Wildman–Crippen MR) is 65.4 cm³/mol. The minimum atomic E-state index is -0.964. The Bertz CT molecular complexity index is 468. The Morgan fingerprint density at radius 3 is 3.00 bits per heavy atom. The fourth-order valence-corrected chi connectivity index (χ4v) is 2.13. The number of carbonyl (C=O) groups is 1. The van der Waals surface area contributed by atoms with Crippen LogP contribution in [0.4, 0.5) is 8.78 Å². The zero-order chi connectivity index (χ0) is 13.8. The molecular weight excluding hydrogens is 254 g/mol. The van der Waals surface area contributed by atoms with E-state index in [1.54, 1.807) is 4.90 Å². The van der Waals surface area contributed by atoms with E-state index in [2.05, 4.69) is 0 Å². The number of morpholine rings is 1. The van der Waals surface area contributed by atoms with Crippen molar-refractivity contribution in [2.75, 3.05) is 26.3 Å². The molecule has 0 aromatic heterocycles. The molecule has 0 radical (unpaired) electrons. The maximum absolute atomic E-state index is 13.5. The van der Waals surface area contributed by atoms with Crippen LogP contribution in [0.3, 0.4) is 0 Å². The maximum atomic E-state index is 13.5. The van der Waals surface area contributed by atoms with E-state index in [9.17, 15) is 13.6 Å². The summed E-state index contributed by atoms with van der Waals surface area (Å²) in [6.07, 6.45) is -0.167. The number of ether oxygens (including phenoxy) is 1. The van der Waals surface area contributed by atoms with Crippen LogP contribution in [0, 0.1) is 11.6 Å². The van der Waals surface area contributed by atoms with Crippen molar-refractivity contribution in [2.45, 2.75) is 12.5 Å².